The molecule has 1 atom stereocenters. The molecular formula is C15H15N5. The van der Waals surface area contributed by atoms with Gasteiger partial charge in [0.25, 0.3) is 0 Å². The molecule has 3 aromatic rings. The molecule has 0 fully saturated rings. The van der Waals surface area contributed by atoms with Crippen LogP contribution in [0.3, 0.4) is 0 Å². The molecule has 1 unspecified atom stereocenters. The summed E-state index contributed by atoms with van der Waals surface area (Å²) >= 11 is 0. The highest BCUT2D eigenvalue weighted by molar-refractivity contribution is 5.42. The minimum atomic E-state index is 0.177. The summed E-state index contributed by atoms with van der Waals surface area (Å²) < 4.78 is 1.71. The van der Waals surface area contributed by atoms with Crippen LogP contribution < -0.4 is 5.32 Å². The number of benzene rings is 1. The van der Waals surface area contributed by atoms with Crippen LogP contribution in [-0.4, -0.2) is 19.7 Å². The number of rotatable bonds is 4. The van der Waals surface area contributed by atoms with Crippen LogP contribution in [0.5, 0.6) is 0 Å². The Morgan fingerprint density at radius 2 is 1.95 bits per heavy atom. The van der Waals surface area contributed by atoms with Gasteiger partial charge in [-0.15, -0.1) is 0 Å². The number of nitrogens with zero attached hydrogens (tertiary/aromatic N) is 4. The molecule has 0 aliphatic carbocycles. The average Bonchev–Trinajstić information content (AvgIpc) is 3.03. The van der Waals surface area contributed by atoms with Gasteiger partial charge in [-0.3, -0.25) is 0 Å². The number of nitrogens with one attached hydrogen (secondary N) is 1. The Bertz CT molecular complexity index is 664. The van der Waals surface area contributed by atoms with Gasteiger partial charge in [0, 0.05) is 24.5 Å². The lowest BCUT2D eigenvalue weighted by atomic mass is 10.1. The van der Waals surface area contributed by atoms with Crippen molar-refractivity contribution in [2.45, 2.75) is 13.0 Å². The van der Waals surface area contributed by atoms with Crippen molar-refractivity contribution in [3.8, 4) is 5.82 Å². The van der Waals surface area contributed by atoms with E-state index in [-0.39, 0.29) is 6.04 Å². The van der Waals surface area contributed by atoms with Gasteiger partial charge >= 0.3 is 0 Å². The largest absolute Gasteiger partial charge is 0.363 e. The van der Waals surface area contributed by atoms with Crippen LogP contribution in [0.25, 0.3) is 5.82 Å². The second kappa shape index (κ2) is 5.52. The first-order valence-electron chi connectivity index (χ1n) is 6.46. The summed E-state index contributed by atoms with van der Waals surface area (Å²) in [6.07, 6.45) is 5.12. The van der Waals surface area contributed by atoms with Crippen LogP contribution >= 0.6 is 0 Å². The molecule has 0 aliphatic rings. The molecule has 0 spiro atoms. The van der Waals surface area contributed by atoms with Crippen LogP contribution in [0.2, 0.25) is 0 Å². The van der Waals surface area contributed by atoms with Gasteiger partial charge in [0.05, 0.1) is 0 Å². The Morgan fingerprint density at radius 1 is 1.10 bits per heavy atom. The number of aromatic nitrogens is 4. The molecular weight excluding hydrogens is 250 g/mol. The first-order valence-corrected chi connectivity index (χ1v) is 6.46. The number of anilines is 1. The molecule has 2 aromatic heterocycles. The predicted octanol–water partition coefficient (Wildman–Crippen LogP) is 2.84. The first kappa shape index (κ1) is 12.3. The normalized spacial score (nSPS) is 12.1. The molecule has 0 amide bonds. The highest BCUT2D eigenvalue weighted by Crippen LogP contribution is 2.18. The lowest BCUT2D eigenvalue weighted by Crippen LogP contribution is -2.09. The van der Waals surface area contributed by atoms with Gasteiger partial charge in [-0.05, 0) is 18.6 Å². The van der Waals surface area contributed by atoms with Gasteiger partial charge in [-0.2, -0.15) is 5.10 Å². The molecule has 0 aliphatic heterocycles. The second-order valence-corrected chi connectivity index (χ2v) is 4.49. The van der Waals surface area contributed by atoms with Crippen LogP contribution in [0.15, 0.2) is 61.2 Å². The summed E-state index contributed by atoms with van der Waals surface area (Å²) in [5.74, 6) is 1.52. The fourth-order valence-electron chi connectivity index (χ4n) is 2.00. The van der Waals surface area contributed by atoms with Crippen LogP contribution in [0, 0.1) is 0 Å². The van der Waals surface area contributed by atoms with E-state index >= 15 is 0 Å². The van der Waals surface area contributed by atoms with Crippen molar-refractivity contribution in [1.82, 2.24) is 19.7 Å². The summed E-state index contributed by atoms with van der Waals surface area (Å²) in [4.78, 5) is 8.46. The molecule has 1 aromatic carbocycles. The highest BCUT2D eigenvalue weighted by atomic mass is 15.3. The molecule has 20 heavy (non-hydrogen) atoms. The zero-order valence-corrected chi connectivity index (χ0v) is 11.1. The van der Waals surface area contributed by atoms with Gasteiger partial charge in [-0.25, -0.2) is 14.6 Å². The zero-order chi connectivity index (χ0) is 13.8. The SMILES string of the molecule is CC(Nc1cc(-n2cccn2)ncn1)c1ccccc1. The molecule has 0 bridgehead atoms. The van der Waals surface area contributed by atoms with E-state index in [4.69, 9.17) is 0 Å². The molecule has 2 heterocycles. The lowest BCUT2D eigenvalue weighted by Gasteiger charge is -2.15. The fourth-order valence-corrected chi connectivity index (χ4v) is 2.00. The van der Waals surface area contributed by atoms with E-state index in [0.717, 1.165) is 11.6 Å². The van der Waals surface area contributed by atoms with E-state index in [1.54, 1.807) is 10.9 Å². The molecule has 3 rings (SSSR count). The van der Waals surface area contributed by atoms with Gasteiger partial charge in [0.2, 0.25) is 0 Å². The van der Waals surface area contributed by atoms with Crippen LogP contribution in [0.4, 0.5) is 5.82 Å². The Balaban J connectivity index is 1.80. The van der Waals surface area contributed by atoms with Crippen molar-refractivity contribution < 1.29 is 0 Å². The lowest BCUT2D eigenvalue weighted by molar-refractivity contribution is 0.829. The molecule has 5 heteroatoms. The molecule has 0 saturated carbocycles. The Kier molecular flexibility index (Phi) is 3.41. The quantitative estimate of drug-likeness (QED) is 0.788. The predicted molar refractivity (Wildman–Crippen MR) is 77.6 cm³/mol. The van der Waals surface area contributed by atoms with Crippen molar-refractivity contribution in [1.29, 1.82) is 0 Å². The summed E-state index contributed by atoms with van der Waals surface area (Å²) in [6, 6.07) is 14.2. The van der Waals surface area contributed by atoms with Crippen molar-refractivity contribution in [2.75, 3.05) is 5.32 Å². The third kappa shape index (κ3) is 2.66. The monoisotopic (exact) mass is 265 g/mol. The maximum absolute atomic E-state index is 4.25. The van der Waals surface area contributed by atoms with Crippen LogP contribution in [0.1, 0.15) is 18.5 Å². The second-order valence-electron chi connectivity index (χ2n) is 4.49. The van der Waals surface area contributed by atoms with Gasteiger partial charge in [-0.1, -0.05) is 30.3 Å². The van der Waals surface area contributed by atoms with Crippen LogP contribution in [-0.2, 0) is 0 Å². The van der Waals surface area contributed by atoms with E-state index in [1.165, 1.54) is 11.9 Å². The van der Waals surface area contributed by atoms with Gasteiger partial charge < -0.3 is 5.32 Å². The Morgan fingerprint density at radius 3 is 2.70 bits per heavy atom. The summed E-state index contributed by atoms with van der Waals surface area (Å²) in [5, 5.41) is 7.53. The van der Waals surface area contributed by atoms with Crippen molar-refractivity contribution in [3.63, 3.8) is 0 Å². The molecule has 100 valence electrons. The Hall–Kier alpha value is -2.69. The Labute approximate surface area is 117 Å². The topological polar surface area (TPSA) is 55.6 Å². The van der Waals surface area contributed by atoms with Crippen molar-refractivity contribution in [3.05, 3.63) is 66.7 Å². The maximum Gasteiger partial charge on any atom is 0.158 e. The highest BCUT2D eigenvalue weighted by Gasteiger charge is 2.07. The van der Waals surface area contributed by atoms with E-state index in [1.807, 2.05) is 36.5 Å². The maximum atomic E-state index is 4.25. The van der Waals surface area contributed by atoms with E-state index in [2.05, 4.69) is 39.4 Å². The van der Waals surface area contributed by atoms with Gasteiger partial charge in [0.1, 0.15) is 12.1 Å². The summed E-state index contributed by atoms with van der Waals surface area (Å²) in [5.41, 5.74) is 1.21. The molecule has 0 radical (unpaired) electrons. The molecule has 0 saturated heterocycles. The first-order chi connectivity index (χ1) is 9.83. The standard InChI is InChI=1S/C15H15N5/c1-12(13-6-3-2-4-7-13)19-14-10-15(17-11-16-14)20-9-5-8-18-20/h2-12H,1H3,(H,16,17,19). The van der Waals surface area contributed by atoms with E-state index in [0.29, 0.717) is 0 Å². The number of hydrogen-bond donors (Lipinski definition) is 1. The zero-order valence-electron chi connectivity index (χ0n) is 11.1. The number of hydrogen-bond acceptors (Lipinski definition) is 4. The third-order valence-corrected chi connectivity index (χ3v) is 3.06. The molecule has 1 N–H and O–H groups in total. The minimum absolute atomic E-state index is 0.177. The summed E-state index contributed by atoms with van der Waals surface area (Å²) in [7, 11) is 0. The van der Waals surface area contributed by atoms with Gasteiger partial charge in [0.15, 0.2) is 5.82 Å². The third-order valence-electron chi connectivity index (χ3n) is 3.06. The van der Waals surface area contributed by atoms with E-state index < -0.39 is 0 Å². The van der Waals surface area contributed by atoms with E-state index in [9.17, 15) is 0 Å². The fraction of sp³-hybridized carbons (Fsp3) is 0.133. The average molecular weight is 265 g/mol. The van der Waals surface area contributed by atoms with Crippen molar-refractivity contribution >= 4 is 5.82 Å². The smallest absolute Gasteiger partial charge is 0.158 e. The summed E-state index contributed by atoms with van der Waals surface area (Å²) in [6.45, 7) is 2.10. The molecule has 5 nitrogen and oxygen atoms in total. The van der Waals surface area contributed by atoms with Crippen molar-refractivity contribution in [2.24, 2.45) is 0 Å². The minimum Gasteiger partial charge on any atom is -0.363 e.